The van der Waals surface area contributed by atoms with Crippen LogP contribution in [-0.2, 0) is 0 Å². The van der Waals surface area contributed by atoms with Crippen LogP contribution in [0.25, 0.3) is 0 Å². The molecule has 0 saturated heterocycles. The Hall–Kier alpha value is -2.29. The van der Waals surface area contributed by atoms with Gasteiger partial charge in [-0.3, -0.25) is 4.79 Å². The summed E-state index contributed by atoms with van der Waals surface area (Å²) in [6.45, 7) is 2.23. The van der Waals surface area contributed by atoms with Gasteiger partial charge in [0.1, 0.15) is 5.75 Å². The number of carbonyl (C=O) groups is 1. The predicted molar refractivity (Wildman–Crippen MR) is 85.9 cm³/mol. The molecular weight excluding hydrogens is 284 g/mol. The summed E-state index contributed by atoms with van der Waals surface area (Å²) < 4.78 is 5.14. The number of anilines is 1. The zero-order chi connectivity index (χ0) is 15.2. The van der Waals surface area contributed by atoms with Crippen LogP contribution in [0.1, 0.15) is 20.8 Å². The van der Waals surface area contributed by atoms with Gasteiger partial charge in [0.25, 0.3) is 5.91 Å². The fourth-order valence-electron chi connectivity index (χ4n) is 1.76. The average Bonchev–Trinajstić information content (AvgIpc) is 2.96. The van der Waals surface area contributed by atoms with Crippen LogP contribution in [0.15, 0.2) is 29.6 Å². The molecule has 1 aromatic carbocycles. The third-order valence-corrected chi connectivity index (χ3v) is 3.70. The van der Waals surface area contributed by atoms with Crippen molar-refractivity contribution in [1.29, 1.82) is 0 Å². The number of benzene rings is 1. The maximum atomic E-state index is 12.2. The molecule has 2 aromatic rings. The number of thiophene rings is 1. The van der Waals surface area contributed by atoms with Gasteiger partial charge in [-0.1, -0.05) is 11.8 Å². The third-order valence-electron chi connectivity index (χ3n) is 2.86. The average molecular weight is 300 g/mol. The number of methoxy groups -OCH3 is 1. The standard InChI is InChI=1S/C16H16N2O2S/c1-11-8-13(20-2)5-6-15(11)18-16(19)12-9-14(21-10-12)4-3-7-17/h5-6,8-10H,7,17H2,1-2H3,(H,18,19). The number of aryl methyl sites for hydroxylation is 1. The molecule has 0 unspecified atom stereocenters. The highest BCUT2D eigenvalue weighted by Gasteiger charge is 2.10. The zero-order valence-corrected chi connectivity index (χ0v) is 12.7. The second-order valence-electron chi connectivity index (χ2n) is 4.34. The van der Waals surface area contributed by atoms with E-state index in [0.717, 1.165) is 21.9 Å². The molecule has 0 spiro atoms. The Morgan fingerprint density at radius 3 is 2.90 bits per heavy atom. The first-order chi connectivity index (χ1) is 10.1. The molecule has 5 heteroatoms. The van der Waals surface area contributed by atoms with Gasteiger partial charge in [0.15, 0.2) is 0 Å². The van der Waals surface area contributed by atoms with Gasteiger partial charge < -0.3 is 15.8 Å². The molecule has 2 rings (SSSR count). The maximum absolute atomic E-state index is 12.2. The lowest BCUT2D eigenvalue weighted by molar-refractivity contribution is 0.102. The van der Waals surface area contributed by atoms with E-state index in [9.17, 15) is 4.79 Å². The number of amides is 1. The highest BCUT2D eigenvalue weighted by atomic mass is 32.1. The first-order valence-electron chi connectivity index (χ1n) is 6.37. The highest BCUT2D eigenvalue weighted by molar-refractivity contribution is 7.10. The summed E-state index contributed by atoms with van der Waals surface area (Å²) in [6.07, 6.45) is 0. The largest absolute Gasteiger partial charge is 0.497 e. The van der Waals surface area contributed by atoms with Crippen LogP contribution in [-0.4, -0.2) is 19.6 Å². The van der Waals surface area contributed by atoms with Crippen molar-refractivity contribution in [3.8, 4) is 17.6 Å². The molecule has 1 amide bonds. The SMILES string of the molecule is COc1ccc(NC(=O)c2csc(C#CCN)c2)c(C)c1. The third kappa shape index (κ3) is 3.85. The van der Waals surface area contributed by atoms with Crippen molar-refractivity contribution >= 4 is 22.9 Å². The fourth-order valence-corrected chi connectivity index (χ4v) is 2.51. The molecule has 0 aliphatic heterocycles. The number of ether oxygens (including phenoxy) is 1. The van der Waals surface area contributed by atoms with Crippen molar-refractivity contribution in [2.24, 2.45) is 5.73 Å². The molecule has 1 heterocycles. The molecule has 4 nitrogen and oxygen atoms in total. The van der Waals surface area contributed by atoms with Crippen LogP contribution in [0.5, 0.6) is 5.75 Å². The van der Waals surface area contributed by atoms with Gasteiger partial charge >= 0.3 is 0 Å². The van der Waals surface area contributed by atoms with E-state index in [4.69, 9.17) is 10.5 Å². The molecule has 0 radical (unpaired) electrons. The van der Waals surface area contributed by atoms with Crippen molar-refractivity contribution in [3.63, 3.8) is 0 Å². The second-order valence-corrected chi connectivity index (χ2v) is 5.25. The molecule has 21 heavy (non-hydrogen) atoms. The zero-order valence-electron chi connectivity index (χ0n) is 11.9. The van der Waals surface area contributed by atoms with Crippen LogP contribution in [0.4, 0.5) is 5.69 Å². The number of hydrogen-bond acceptors (Lipinski definition) is 4. The van der Waals surface area contributed by atoms with E-state index >= 15 is 0 Å². The van der Waals surface area contributed by atoms with Crippen molar-refractivity contribution in [2.75, 3.05) is 19.0 Å². The van der Waals surface area contributed by atoms with E-state index in [1.54, 1.807) is 18.6 Å². The summed E-state index contributed by atoms with van der Waals surface area (Å²) in [7, 11) is 1.61. The van der Waals surface area contributed by atoms with Crippen molar-refractivity contribution in [3.05, 3.63) is 45.6 Å². The Labute approximate surface area is 127 Å². The summed E-state index contributed by atoms with van der Waals surface area (Å²) in [4.78, 5) is 13.0. The smallest absolute Gasteiger partial charge is 0.256 e. The quantitative estimate of drug-likeness (QED) is 0.856. The molecule has 0 aliphatic rings. The van der Waals surface area contributed by atoms with Gasteiger partial charge in [-0.25, -0.2) is 0 Å². The molecule has 0 bridgehead atoms. The lowest BCUT2D eigenvalue weighted by Crippen LogP contribution is -2.11. The van der Waals surface area contributed by atoms with E-state index < -0.39 is 0 Å². The van der Waals surface area contributed by atoms with Gasteiger partial charge in [0.05, 0.1) is 24.1 Å². The summed E-state index contributed by atoms with van der Waals surface area (Å²) >= 11 is 1.43. The normalized spacial score (nSPS) is 9.67. The van der Waals surface area contributed by atoms with E-state index in [1.165, 1.54) is 11.3 Å². The number of carbonyl (C=O) groups excluding carboxylic acids is 1. The lowest BCUT2D eigenvalue weighted by Gasteiger charge is -2.09. The Morgan fingerprint density at radius 2 is 2.24 bits per heavy atom. The summed E-state index contributed by atoms with van der Waals surface area (Å²) in [5.74, 6) is 6.30. The van der Waals surface area contributed by atoms with E-state index in [0.29, 0.717) is 12.1 Å². The molecule has 0 atom stereocenters. The second kappa shape index (κ2) is 6.93. The van der Waals surface area contributed by atoms with Crippen molar-refractivity contribution < 1.29 is 9.53 Å². The van der Waals surface area contributed by atoms with Crippen LogP contribution in [0.3, 0.4) is 0 Å². The topological polar surface area (TPSA) is 64.3 Å². The molecule has 3 N–H and O–H groups in total. The Kier molecular flexibility index (Phi) is 4.99. The number of hydrogen-bond donors (Lipinski definition) is 2. The van der Waals surface area contributed by atoms with Crippen molar-refractivity contribution in [2.45, 2.75) is 6.92 Å². The monoisotopic (exact) mass is 300 g/mol. The van der Waals surface area contributed by atoms with Crippen LogP contribution in [0.2, 0.25) is 0 Å². The van der Waals surface area contributed by atoms with Gasteiger partial charge in [-0.05, 0) is 36.8 Å². The molecular formula is C16H16N2O2S. The van der Waals surface area contributed by atoms with Crippen molar-refractivity contribution in [1.82, 2.24) is 0 Å². The Bertz CT molecular complexity index is 711. The number of nitrogens with two attached hydrogens (primary N) is 1. The minimum atomic E-state index is -0.152. The van der Waals surface area contributed by atoms with E-state index in [-0.39, 0.29) is 5.91 Å². The Balaban J connectivity index is 2.12. The number of rotatable bonds is 3. The summed E-state index contributed by atoms with van der Waals surface area (Å²) in [6, 6.07) is 7.28. The van der Waals surface area contributed by atoms with Gasteiger partial charge in [0, 0.05) is 11.1 Å². The molecule has 108 valence electrons. The lowest BCUT2D eigenvalue weighted by atomic mass is 10.2. The van der Waals surface area contributed by atoms with E-state index in [2.05, 4.69) is 17.2 Å². The first-order valence-corrected chi connectivity index (χ1v) is 7.25. The molecule has 0 saturated carbocycles. The van der Waals surface area contributed by atoms with Gasteiger partial charge in [0.2, 0.25) is 0 Å². The maximum Gasteiger partial charge on any atom is 0.256 e. The van der Waals surface area contributed by atoms with Crippen LogP contribution < -0.4 is 15.8 Å². The van der Waals surface area contributed by atoms with Gasteiger partial charge in [-0.2, -0.15) is 0 Å². The number of nitrogens with one attached hydrogen (secondary N) is 1. The molecule has 0 aliphatic carbocycles. The summed E-state index contributed by atoms with van der Waals surface area (Å²) in [5, 5.41) is 4.67. The van der Waals surface area contributed by atoms with E-state index in [1.807, 2.05) is 25.1 Å². The Morgan fingerprint density at radius 1 is 1.43 bits per heavy atom. The first kappa shape index (κ1) is 15.1. The van der Waals surface area contributed by atoms with Gasteiger partial charge in [-0.15, -0.1) is 11.3 Å². The minimum absolute atomic E-state index is 0.152. The highest BCUT2D eigenvalue weighted by Crippen LogP contribution is 2.22. The van der Waals surface area contributed by atoms with Crippen LogP contribution in [0, 0.1) is 18.8 Å². The fraction of sp³-hybridized carbons (Fsp3) is 0.188. The summed E-state index contributed by atoms with van der Waals surface area (Å²) in [5.41, 5.74) is 7.63. The molecule has 1 aromatic heterocycles. The predicted octanol–water partition coefficient (Wildman–Crippen LogP) is 2.63. The minimum Gasteiger partial charge on any atom is -0.497 e. The van der Waals surface area contributed by atoms with Crippen LogP contribution >= 0.6 is 11.3 Å². The molecule has 0 fully saturated rings.